The molecule has 84 valence electrons. The van der Waals surface area contributed by atoms with Gasteiger partial charge in [0.2, 0.25) is 0 Å². The molecule has 0 aromatic carbocycles. The molecule has 2 bridgehead atoms. The van der Waals surface area contributed by atoms with Crippen LogP contribution in [0.1, 0.15) is 19.3 Å². The molecule has 0 N–H and O–H groups in total. The van der Waals surface area contributed by atoms with E-state index in [4.69, 9.17) is 0 Å². The maximum absolute atomic E-state index is 4.10. The largest absolute Gasteiger partial charge is 0.371 e. The van der Waals surface area contributed by atoms with Crippen molar-refractivity contribution in [1.82, 2.24) is 4.98 Å². The molecule has 16 heavy (non-hydrogen) atoms. The van der Waals surface area contributed by atoms with Crippen LogP contribution >= 0.6 is 0 Å². The van der Waals surface area contributed by atoms with Crippen molar-refractivity contribution in [3.63, 3.8) is 0 Å². The third-order valence-electron chi connectivity index (χ3n) is 5.16. The Balaban J connectivity index is 1.59. The Labute approximate surface area is 96.7 Å². The van der Waals surface area contributed by atoms with Gasteiger partial charge in [-0.3, -0.25) is 4.98 Å². The van der Waals surface area contributed by atoms with Gasteiger partial charge in [-0.25, -0.2) is 0 Å². The smallest absolute Gasteiger partial charge is 0.0397 e. The van der Waals surface area contributed by atoms with Gasteiger partial charge in [-0.1, -0.05) is 0 Å². The van der Waals surface area contributed by atoms with Crippen LogP contribution in [0.5, 0.6) is 0 Å². The van der Waals surface area contributed by atoms with E-state index in [-0.39, 0.29) is 0 Å². The first-order valence-corrected chi connectivity index (χ1v) is 6.57. The van der Waals surface area contributed by atoms with Crippen molar-refractivity contribution in [1.29, 1.82) is 0 Å². The summed E-state index contributed by atoms with van der Waals surface area (Å²) in [6, 6.07) is 4.31. The number of hydrogen-bond acceptors (Lipinski definition) is 2. The zero-order valence-corrected chi connectivity index (χ0v) is 9.55. The van der Waals surface area contributed by atoms with Gasteiger partial charge in [0.05, 0.1) is 0 Å². The minimum absolute atomic E-state index is 1.01. The molecule has 0 spiro atoms. The van der Waals surface area contributed by atoms with Crippen molar-refractivity contribution in [3.05, 3.63) is 24.5 Å². The highest BCUT2D eigenvalue weighted by molar-refractivity contribution is 5.46. The average molecular weight is 214 g/mol. The highest BCUT2D eigenvalue weighted by atomic mass is 15.2. The molecule has 2 heteroatoms. The van der Waals surface area contributed by atoms with Gasteiger partial charge in [0.1, 0.15) is 0 Å². The summed E-state index contributed by atoms with van der Waals surface area (Å²) in [5, 5.41) is 0. The zero-order valence-electron chi connectivity index (χ0n) is 9.55. The predicted molar refractivity (Wildman–Crippen MR) is 64.3 cm³/mol. The van der Waals surface area contributed by atoms with E-state index in [0.29, 0.717) is 0 Å². The van der Waals surface area contributed by atoms with Crippen LogP contribution < -0.4 is 4.90 Å². The molecule has 1 aliphatic heterocycles. The minimum Gasteiger partial charge on any atom is -0.371 e. The van der Waals surface area contributed by atoms with Gasteiger partial charge in [0.15, 0.2) is 0 Å². The lowest BCUT2D eigenvalue weighted by Crippen LogP contribution is -2.21. The van der Waals surface area contributed by atoms with Gasteiger partial charge in [0.25, 0.3) is 0 Å². The second-order valence-corrected chi connectivity index (χ2v) is 5.77. The second kappa shape index (κ2) is 3.22. The van der Waals surface area contributed by atoms with Crippen molar-refractivity contribution < 1.29 is 0 Å². The molecule has 2 heterocycles. The van der Waals surface area contributed by atoms with E-state index in [1.54, 1.807) is 6.42 Å². The van der Waals surface area contributed by atoms with Crippen molar-refractivity contribution in [2.45, 2.75) is 19.3 Å². The Morgan fingerprint density at radius 3 is 2.25 bits per heavy atom. The molecule has 2 aliphatic carbocycles. The molecule has 0 radical (unpaired) electrons. The topological polar surface area (TPSA) is 16.1 Å². The molecule has 3 aliphatic rings. The molecular weight excluding hydrogens is 196 g/mol. The summed E-state index contributed by atoms with van der Waals surface area (Å²) < 4.78 is 0. The van der Waals surface area contributed by atoms with E-state index in [1.165, 1.54) is 31.6 Å². The molecule has 1 saturated heterocycles. The number of rotatable bonds is 1. The number of nitrogens with zero attached hydrogens (tertiary/aromatic N) is 2. The lowest BCUT2D eigenvalue weighted by atomic mass is 9.82. The Hall–Kier alpha value is -1.05. The van der Waals surface area contributed by atoms with Crippen LogP contribution in [0.4, 0.5) is 5.69 Å². The van der Waals surface area contributed by atoms with Crippen LogP contribution in [-0.2, 0) is 0 Å². The lowest BCUT2D eigenvalue weighted by molar-refractivity contribution is 0.281. The summed E-state index contributed by atoms with van der Waals surface area (Å²) in [6.45, 7) is 2.60. The molecule has 1 aromatic heterocycles. The van der Waals surface area contributed by atoms with Crippen LogP contribution in [0, 0.1) is 23.7 Å². The normalized spacial score (nSPS) is 40.4. The van der Waals surface area contributed by atoms with E-state index < -0.39 is 0 Å². The molecular formula is C14H18N2. The molecule has 2 saturated carbocycles. The van der Waals surface area contributed by atoms with Crippen LogP contribution in [-0.4, -0.2) is 18.1 Å². The maximum atomic E-state index is 4.10. The summed E-state index contributed by atoms with van der Waals surface area (Å²) in [7, 11) is 0. The van der Waals surface area contributed by atoms with Crippen molar-refractivity contribution in [3.8, 4) is 0 Å². The second-order valence-electron chi connectivity index (χ2n) is 5.77. The quantitative estimate of drug-likeness (QED) is 0.714. The standard InChI is InChI=1S/C14H18N2/c1-2-11-7-10(1)13-8-16(9-14(11)13)12-3-5-15-6-4-12/h3-6,10-11,13-14H,1-2,7-9H2/t10-,11+,13-,14+. The highest BCUT2D eigenvalue weighted by Crippen LogP contribution is 2.55. The molecule has 1 aromatic rings. The van der Waals surface area contributed by atoms with Gasteiger partial charge < -0.3 is 4.90 Å². The average Bonchev–Trinajstić information content (AvgIpc) is 3.02. The van der Waals surface area contributed by atoms with Gasteiger partial charge in [-0.15, -0.1) is 0 Å². The van der Waals surface area contributed by atoms with Gasteiger partial charge in [-0.2, -0.15) is 0 Å². The molecule has 0 amide bonds. The summed E-state index contributed by atoms with van der Waals surface area (Å²) in [6.07, 6.45) is 8.39. The van der Waals surface area contributed by atoms with E-state index in [1.807, 2.05) is 12.4 Å². The highest BCUT2D eigenvalue weighted by Gasteiger charge is 2.51. The third kappa shape index (κ3) is 1.16. The van der Waals surface area contributed by atoms with Crippen molar-refractivity contribution in [2.75, 3.05) is 18.0 Å². The van der Waals surface area contributed by atoms with Gasteiger partial charge >= 0.3 is 0 Å². The lowest BCUT2D eigenvalue weighted by Gasteiger charge is -2.22. The van der Waals surface area contributed by atoms with E-state index in [9.17, 15) is 0 Å². The monoisotopic (exact) mass is 214 g/mol. The maximum Gasteiger partial charge on any atom is 0.0397 e. The Bertz CT molecular complexity index is 371. The summed E-state index contributed by atoms with van der Waals surface area (Å²) >= 11 is 0. The fraction of sp³-hybridized carbons (Fsp3) is 0.643. The number of fused-ring (bicyclic) bond motifs is 5. The predicted octanol–water partition coefficient (Wildman–Crippen LogP) is 2.56. The van der Waals surface area contributed by atoms with Crippen LogP contribution in [0.15, 0.2) is 24.5 Å². The van der Waals surface area contributed by atoms with Crippen LogP contribution in [0.2, 0.25) is 0 Å². The van der Waals surface area contributed by atoms with Gasteiger partial charge in [-0.05, 0) is 55.1 Å². The first kappa shape index (κ1) is 9.03. The third-order valence-corrected chi connectivity index (χ3v) is 5.16. The Morgan fingerprint density at radius 2 is 1.62 bits per heavy atom. The van der Waals surface area contributed by atoms with E-state index in [0.717, 1.165) is 23.7 Å². The molecule has 4 rings (SSSR count). The van der Waals surface area contributed by atoms with E-state index in [2.05, 4.69) is 22.0 Å². The minimum atomic E-state index is 1.01. The van der Waals surface area contributed by atoms with Gasteiger partial charge in [0, 0.05) is 31.2 Å². The first-order valence-electron chi connectivity index (χ1n) is 6.57. The van der Waals surface area contributed by atoms with E-state index >= 15 is 0 Å². The molecule has 2 nitrogen and oxygen atoms in total. The summed E-state index contributed by atoms with van der Waals surface area (Å²) in [4.78, 5) is 6.69. The first-order chi connectivity index (χ1) is 7.92. The number of aromatic nitrogens is 1. The number of anilines is 1. The summed E-state index contributed by atoms with van der Waals surface area (Å²) in [5.41, 5.74) is 1.38. The molecule has 3 fully saturated rings. The SMILES string of the molecule is c1cc(N2C[C@@H]3[C@@H]4CC[C@@H](C4)[C@@H]3C2)ccn1. The molecule has 4 atom stereocenters. The fourth-order valence-corrected chi connectivity index (χ4v) is 4.45. The fourth-order valence-electron chi connectivity index (χ4n) is 4.45. The van der Waals surface area contributed by atoms with Crippen molar-refractivity contribution in [2.24, 2.45) is 23.7 Å². The Kier molecular flexibility index (Phi) is 1.82. The van der Waals surface area contributed by atoms with Crippen molar-refractivity contribution >= 4 is 5.69 Å². The Morgan fingerprint density at radius 1 is 1.00 bits per heavy atom. The number of hydrogen-bond donors (Lipinski definition) is 0. The number of pyridine rings is 1. The zero-order chi connectivity index (χ0) is 10.5. The summed E-state index contributed by atoms with van der Waals surface area (Å²) in [5.74, 6) is 4.13. The van der Waals surface area contributed by atoms with Crippen LogP contribution in [0.25, 0.3) is 0 Å². The molecule has 0 unspecified atom stereocenters. The van der Waals surface area contributed by atoms with Crippen LogP contribution in [0.3, 0.4) is 0 Å².